The zero-order chi connectivity index (χ0) is 15.8. The van der Waals surface area contributed by atoms with E-state index in [0.29, 0.717) is 5.15 Å². The van der Waals surface area contributed by atoms with Crippen molar-refractivity contribution in [2.24, 2.45) is 0 Å². The largest absolute Gasteiger partial charge is 1.00 e. The van der Waals surface area contributed by atoms with Gasteiger partial charge in [-0.1, -0.05) is 52.9 Å². The molecule has 1 heterocycles. The Morgan fingerprint density at radius 1 is 1.00 bits per heavy atom. The number of hydrogen-bond acceptors (Lipinski definition) is 2. The summed E-state index contributed by atoms with van der Waals surface area (Å²) in [7, 11) is 1.68. The van der Waals surface area contributed by atoms with Gasteiger partial charge in [0.25, 0.3) is 0 Å². The Labute approximate surface area is 157 Å². The van der Waals surface area contributed by atoms with Crippen molar-refractivity contribution in [3.63, 3.8) is 0 Å². The molecule has 24 heavy (non-hydrogen) atoms. The summed E-state index contributed by atoms with van der Waals surface area (Å²) in [5.41, 5.74) is 1.82. The van der Waals surface area contributed by atoms with Crippen molar-refractivity contribution in [1.29, 1.82) is 0 Å². The number of fused-ring (bicyclic) bond motifs is 2. The molecule has 0 atom stereocenters. The number of hydrogen-bond donors (Lipinski definition) is 0. The Morgan fingerprint density at radius 2 is 1.79 bits per heavy atom. The van der Waals surface area contributed by atoms with Crippen LogP contribution in [0.3, 0.4) is 0 Å². The number of methoxy groups -OCH3 is 1. The molecular weight excluding hydrogens is 313 g/mol. The van der Waals surface area contributed by atoms with Crippen molar-refractivity contribution < 1.29 is 23.6 Å². The predicted octanol–water partition coefficient (Wildman–Crippen LogP) is 2.52. The summed E-state index contributed by atoms with van der Waals surface area (Å²) in [5.74, 6) is 0.817. The van der Waals surface area contributed by atoms with Crippen molar-refractivity contribution in [3.8, 4) is 17.0 Å². The summed E-state index contributed by atoms with van der Waals surface area (Å²) in [4.78, 5) is 4.59. The summed E-state index contributed by atoms with van der Waals surface area (Å²) in [6.07, 6.45) is 0. The van der Waals surface area contributed by atoms with Crippen LogP contribution in [0.25, 0.3) is 32.8 Å². The third-order valence-corrected chi connectivity index (χ3v) is 4.17. The van der Waals surface area contributed by atoms with E-state index >= 15 is 0 Å². The summed E-state index contributed by atoms with van der Waals surface area (Å²) in [6.45, 7) is 0. The fourth-order valence-electron chi connectivity index (χ4n) is 2.97. The zero-order valence-electron chi connectivity index (χ0n) is 13.5. The summed E-state index contributed by atoms with van der Waals surface area (Å²) < 4.78 is 5.56. The normalized spacial score (nSPS) is 10.6. The molecule has 0 saturated heterocycles. The number of nitrogens with zero attached hydrogens (tertiary/aromatic N) is 1. The van der Waals surface area contributed by atoms with Gasteiger partial charge in [-0.25, -0.2) is 4.98 Å². The Balaban J connectivity index is 0.00000169. The Hall–Kier alpha value is -1.98. The first-order valence-electron chi connectivity index (χ1n) is 7.30. The van der Waals surface area contributed by atoms with E-state index in [2.05, 4.69) is 17.1 Å². The number of halogens is 1. The van der Waals surface area contributed by atoms with Crippen LogP contribution in [0.5, 0.6) is 5.75 Å². The minimum absolute atomic E-state index is 0. The van der Waals surface area contributed by atoms with E-state index in [0.717, 1.165) is 38.6 Å². The molecular formula is C20H13ClLiNO. The molecule has 0 aliphatic heterocycles. The molecule has 3 aromatic carbocycles. The second-order valence-electron chi connectivity index (χ2n) is 5.31. The van der Waals surface area contributed by atoms with Crippen LogP contribution in [0.15, 0.2) is 60.7 Å². The van der Waals surface area contributed by atoms with Crippen LogP contribution in [0, 0.1) is 6.07 Å². The molecule has 0 radical (unpaired) electrons. The molecule has 2 nitrogen and oxygen atoms in total. The first-order chi connectivity index (χ1) is 11.3. The van der Waals surface area contributed by atoms with Crippen LogP contribution in [-0.4, -0.2) is 12.1 Å². The number of benzene rings is 3. The van der Waals surface area contributed by atoms with Crippen molar-refractivity contribution >= 4 is 33.1 Å². The fraction of sp³-hybridized carbons (Fsp3) is 0.0500. The van der Waals surface area contributed by atoms with Crippen LogP contribution in [0.2, 0.25) is 5.15 Å². The summed E-state index contributed by atoms with van der Waals surface area (Å²) in [6, 6.07) is 23.1. The van der Waals surface area contributed by atoms with Gasteiger partial charge in [-0.15, -0.1) is 11.5 Å². The van der Waals surface area contributed by atoms with Crippen LogP contribution in [0.1, 0.15) is 0 Å². The van der Waals surface area contributed by atoms with E-state index in [1.165, 1.54) is 0 Å². The second-order valence-corrected chi connectivity index (χ2v) is 5.70. The smallest absolute Gasteiger partial charge is 0.498 e. The van der Waals surface area contributed by atoms with Crippen molar-refractivity contribution in [2.75, 3.05) is 7.11 Å². The average Bonchev–Trinajstić information content (AvgIpc) is 2.60. The third kappa shape index (κ3) is 2.78. The van der Waals surface area contributed by atoms with E-state index in [-0.39, 0.29) is 18.9 Å². The van der Waals surface area contributed by atoms with Crippen LogP contribution >= 0.6 is 11.6 Å². The van der Waals surface area contributed by atoms with Gasteiger partial charge >= 0.3 is 18.9 Å². The van der Waals surface area contributed by atoms with E-state index < -0.39 is 0 Å². The van der Waals surface area contributed by atoms with Gasteiger partial charge in [0, 0.05) is 5.69 Å². The maximum atomic E-state index is 6.25. The van der Waals surface area contributed by atoms with Crippen molar-refractivity contribution in [2.45, 2.75) is 0 Å². The van der Waals surface area contributed by atoms with Gasteiger partial charge < -0.3 is 4.74 Å². The number of ether oxygens (including phenoxy) is 1. The van der Waals surface area contributed by atoms with Gasteiger partial charge in [-0.3, -0.25) is 0 Å². The minimum atomic E-state index is 0. The van der Waals surface area contributed by atoms with Crippen LogP contribution in [-0.2, 0) is 0 Å². The first kappa shape index (κ1) is 16.9. The molecule has 0 spiro atoms. The molecule has 4 heteroatoms. The van der Waals surface area contributed by atoms with E-state index in [1.807, 2.05) is 54.6 Å². The van der Waals surface area contributed by atoms with Crippen LogP contribution in [0.4, 0.5) is 0 Å². The minimum Gasteiger partial charge on any atom is -0.498 e. The maximum absolute atomic E-state index is 6.25. The number of aromatic nitrogens is 1. The summed E-state index contributed by atoms with van der Waals surface area (Å²) in [5, 5.41) is 4.69. The first-order valence-corrected chi connectivity index (χ1v) is 7.68. The topological polar surface area (TPSA) is 22.1 Å². The van der Waals surface area contributed by atoms with Gasteiger partial charge in [0.05, 0.1) is 7.11 Å². The van der Waals surface area contributed by atoms with Gasteiger partial charge in [0.15, 0.2) is 0 Å². The average molecular weight is 326 g/mol. The molecule has 112 valence electrons. The van der Waals surface area contributed by atoms with Gasteiger partial charge in [0.2, 0.25) is 0 Å². The predicted molar refractivity (Wildman–Crippen MR) is 95.1 cm³/mol. The monoisotopic (exact) mass is 325 g/mol. The quantitative estimate of drug-likeness (QED) is 0.321. The van der Waals surface area contributed by atoms with Crippen molar-refractivity contribution in [3.05, 3.63) is 71.9 Å². The van der Waals surface area contributed by atoms with E-state index in [1.54, 1.807) is 7.11 Å². The summed E-state index contributed by atoms with van der Waals surface area (Å²) >= 11 is 6.25. The Morgan fingerprint density at radius 3 is 2.62 bits per heavy atom. The van der Waals surface area contributed by atoms with Gasteiger partial charge in [-0.2, -0.15) is 18.2 Å². The molecule has 0 aliphatic rings. The number of pyridine rings is 1. The Kier molecular flexibility index (Phi) is 4.82. The molecule has 0 amide bonds. The molecule has 0 saturated carbocycles. The van der Waals surface area contributed by atoms with Gasteiger partial charge in [-0.05, 0) is 22.9 Å². The molecule has 1 aromatic heterocycles. The second kappa shape index (κ2) is 6.87. The molecule has 0 unspecified atom stereocenters. The number of rotatable bonds is 2. The Bertz CT molecular complexity index is 1030. The molecule has 0 aliphatic carbocycles. The standard InChI is InChI=1S/C20H13ClNO.Li/c1-23-17-11-5-8-13-7-4-10-16(19(13)17)20-15-9-3-2-6-14(15)12-18(21)22-20;/h2-3,5-12H,1H3;/q-1;+1. The van der Waals surface area contributed by atoms with E-state index in [9.17, 15) is 0 Å². The van der Waals surface area contributed by atoms with Crippen LogP contribution < -0.4 is 23.6 Å². The molecule has 4 rings (SSSR count). The molecule has 4 aromatic rings. The zero-order valence-corrected chi connectivity index (χ0v) is 14.3. The molecule has 0 N–H and O–H groups in total. The van der Waals surface area contributed by atoms with Gasteiger partial charge in [0.1, 0.15) is 10.9 Å². The molecule has 0 bridgehead atoms. The third-order valence-electron chi connectivity index (χ3n) is 3.98. The molecule has 0 fully saturated rings. The fourth-order valence-corrected chi connectivity index (χ4v) is 3.17. The van der Waals surface area contributed by atoms with Crippen molar-refractivity contribution in [1.82, 2.24) is 4.98 Å². The SMILES string of the molecule is COc1cccc2c[c-]cc(-c3nc(Cl)cc4ccccc34)c12.[Li+]. The van der Waals surface area contributed by atoms with E-state index in [4.69, 9.17) is 16.3 Å². The maximum Gasteiger partial charge on any atom is 1.00 e.